The highest BCUT2D eigenvalue weighted by Crippen LogP contribution is 2.24. The Labute approximate surface area is 176 Å². The number of amides is 1. The van der Waals surface area contributed by atoms with Crippen LogP contribution < -0.4 is 14.8 Å². The van der Waals surface area contributed by atoms with Crippen LogP contribution in [0.25, 0.3) is 0 Å². The molecule has 0 fully saturated rings. The molecule has 0 aliphatic rings. The Morgan fingerprint density at radius 3 is 2.52 bits per heavy atom. The summed E-state index contributed by atoms with van der Waals surface area (Å²) in [6, 6.07) is 20.7. The molecule has 0 saturated heterocycles. The zero-order valence-electron chi connectivity index (χ0n) is 16.6. The van der Waals surface area contributed by atoms with Crippen LogP contribution in [0.2, 0.25) is 5.02 Å². The second-order valence-electron chi connectivity index (χ2n) is 6.67. The largest absolute Gasteiger partial charge is 0.493 e. The third-order valence-electron chi connectivity index (χ3n) is 4.39. The van der Waals surface area contributed by atoms with Crippen LogP contribution in [0.5, 0.6) is 11.5 Å². The summed E-state index contributed by atoms with van der Waals surface area (Å²) in [4.78, 5) is 12.6. The highest BCUT2D eigenvalue weighted by atomic mass is 35.5. The van der Waals surface area contributed by atoms with Crippen LogP contribution in [-0.4, -0.2) is 12.5 Å². The fourth-order valence-electron chi connectivity index (χ4n) is 2.84. The maximum Gasteiger partial charge on any atom is 0.251 e. The zero-order valence-corrected chi connectivity index (χ0v) is 17.3. The summed E-state index contributed by atoms with van der Waals surface area (Å²) < 4.78 is 11.5. The van der Waals surface area contributed by atoms with Gasteiger partial charge >= 0.3 is 0 Å². The van der Waals surface area contributed by atoms with E-state index in [-0.39, 0.29) is 12.5 Å². The summed E-state index contributed by atoms with van der Waals surface area (Å²) in [6.07, 6.45) is 0. The zero-order chi connectivity index (χ0) is 20.6. The van der Waals surface area contributed by atoms with E-state index in [4.69, 9.17) is 21.1 Å². The fourth-order valence-corrected chi connectivity index (χ4v) is 3.02. The van der Waals surface area contributed by atoms with Crippen molar-refractivity contribution < 1.29 is 14.3 Å². The van der Waals surface area contributed by atoms with Gasteiger partial charge in [-0.15, -0.1) is 0 Å². The number of carbonyl (C=O) groups is 1. The van der Waals surface area contributed by atoms with Gasteiger partial charge in [0, 0.05) is 22.7 Å². The number of hydrogen-bond acceptors (Lipinski definition) is 3. The molecule has 3 rings (SSSR count). The van der Waals surface area contributed by atoms with Gasteiger partial charge in [-0.2, -0.15) is 0 Å². The van der Waals surface area contributed by atoms with E-state index >= 15 is 0 Å². The monoisotopic (exact) mass is 409 g/mol. The lowest BCUT2D eigenvalue weighted by atomic mass is 10.1. The van der Waals surface area contributed by atoms with Gasteiger partial charge in [-0.25, -0.2) is 0 Å². The second kappa shape index (κ2) is 9.99. The molecule has 3 aromatic carbocycles. The normalized spacial score (nSPS) is 10.4. The van der Waals surface area contributed by atoms with Gasteiger partial charge in [-0.1, -0.05) is 47.5 Å². The predicted octanol–water partition coefficient (Wildman–Crippen LogP) is 5.56. The van der Waals surface area contributed by atoms with Gasteiger partial charge in [0.2, 0.25) is 0 Å². The van der Waals surface area contributed by atoms with Crippen LogP contribution in [0.1, 0.15) is 34.0 Å². The lowest BCUT2D eigenvalue weighted by Crippen LogP contribution is -2.23. The third-order valence-corrected chi connectivity index (χ3v) is 4.62. The molecule has 3 aromatic rings. The first-order valence-electron chi connectivity index (χ1n) is 9.53. The lowest BCUT2D eigenvalue weighted by Gasteiger charge is -2.14. The molecule has 0 atom stereocenters. The van der Waals surface area contributed by atoms with E-state index in [1.54, 1.807) is 30.3 Å². The highest BCUT2D eigenvalue weighted by Gasteiger charge is 2.11. The molecular weight excluding hydrogens is 386 g/mol. The van der Waals surface area contributed by atoms with E-state index in [0.717, 1.165) is 11.1 Å². The number of benzene rings is 3. The minimum Gasteiger partial charge on any atom is -0.493 e. The van der Waals surface area contributed by atoms with Gasteiger partial charge in [-0.05, 0) is 55.8 Å². The van der Waals surface area contributed by atoms with Crippen LogP contribution in [0, 0.1) is 6.92 Å². The van der Waals surface area contributed by atoms with E-state index in [0.29, 0.717) is 35.2 Å². The average molecular weight is 410 g/mol. The number of halogens is 1. The molecule has 0 saturated carbocycles. The SMILES string of the molecule is CCOc1ccc(C(=O)NCc2ccc(C)cc2)cc1COc1cccc(Cl)c1. The van der Waals surface area contributed by atoms with Crippen molar-refractivity contribution in [1.82, 2.24) is 5.32 Å². The van der Waals surface area contributed by atoms with E-state index in [2.05, 4.69) is 5.32 Å². The van der Waals surface area contributed by atoms with Crippen molar-refractivity contribution in [1.29, 1.82) is 0 Å². The van der Waals surface area contributed by atoms with Crippen molar-refractivity contribution in [3.63, 3.8) is 0 Å². The van der Waals surface area contributed by atoms with E-state index in [1.807, 2.05) is 50.2 Å². The van der Waals surface area contributed by atoms with Crippen LogP contribution in [0.3, 0.4) is 0 Å². The molecule has 1 amide bonds. The Bertz CT molecular complexity index is 970. The van der Waals surface area contributed by atoms with Crippen molar-refractivity contribution in [3.8, 4) is 11.5 Å². The highest BCUT2D eigenvalue weighted by molar-refractivity contribution is 6.30. The van der Waals surface area contributed by atoms with Gasteiger partial charge in [0.05, 0.1) is 6.61 Å². The summed E-state index contributed by atoms with van der Waals surface area (Å²) in [5.41, 5.74) is 3.61. The van der Waals surface area contributed by atoms with Gasteiger partial charge < -0.3 is 14.8 Å². The summed E-state index contributed by atoms with van der Waals surface area (Å²) in [6.45, 7) is 5.23. The summed E-state index contributed by atoms with van der Waals surface area (Å²) >= 11 is 6.01. The minimum absolute atomic E-state index is 0.141. The van der Waals surface area contributed by atoms with Crippen molar-refractivity contribution in [2.45, 2.75) is 27.0 Å². The molecule has 0 radical (unpaired) electrons. The molecule has 0 bridgehead atoms. The number of nitrogens with one attached hydrogen (secondary N) is 1. The Kier molecular flexibility index (Phi) is 7.14. The van der Waals surface area contributed by atoms with Crippen LogP contribution >= 0.6 is 11.6 Å². The third kappa shape index (κ3) is 6.00. The summed E-state index contributed by atoms with van der Waals surface area (Å²) in [7, 11) is 0. The first-order valence-corrected chi connectivity index (χ1v) is 9.91. The molecule has 0 aromatic heterocycles. The molecular formula is C24H24ClNO3. The quantitative estimate of drug-likeness (QED) is 0.530. The first-order chi connectivity index (χ1) is 14.0. The van der Waals surface area contributed by atoms with Crippen molar-refractivity contribution in [2.24, 2.45) is 0 Å². The minimum atomic E-state index is -0.141. The maximum atomic E-state index is 12.6. The van der Waals surface area contributed by atoms with E-state index in [1.165, 1.54) is 5.56 Å². The van der Waals surface area contributed by atoms with Crippen molar-refractivity contribution >= 4 is 17.5 Å². The van der Waals surface area contributed by atoms with Gasteiger partial charge in [-0.3, -0.25) is 4.79 Å². The van der Waals surface area contributed by atoms with Crippen molar-refractivity contribution in [3.05, 3.63) is 94.0 Å². The van der Waals surface area contributed by atoms with Crippen LogP contribution in [0.15, 0.2) is 66.7 Å². The molecule has 1 N–H and O–H groups in total. The smallest absolute Gasteiger partial charge is 0.251 e. The number of carbonyl (C=O) groups excluding carboxylic acids is 1. The predicted molar refractivity (Wildman–Crippen MR) is 116 cm³/mol. The van der Waals surface area contributed by atoms with Gasteiger partial charge in [0.1, 0.15) is 18.1 Å². The summed E-state index contributed by atoms with van der Waals surface area (Å²) in [5.74, 6) is 1.22. The Hall–Kier alpha value is -2.98. The molecule has 0 spiro atoms. The maximum absolute atomic E-state index is 12.6. The van der Waals surface area contributed by atoms with Gasteiger partial charge in [0.15, 0.2) is 0 Å². The molecule has 0 unspecified atom stereocenters. The molecule has 0 aliphatic heterocycles. The number of ether oxygens (including phenoxy) is 2. The van der Waals surface area contributed by atoms with E-state index < -0.39 is 0 Å². The molecule has 150 valence electrons. The standard InChI is InChI=1S/C24H24ClNO3/c1-3-28-23-12-11-19(24(27)26-15-18-9-7-17(2)8-10-18)13-20(23)16-29-22-6-4-5-21(25)14-22/h4-14H,3,15-16H2,1-2H3,(H,26,27). The first kappa shape index (κ1) is 20.7. The van der Waals surface area contributed by atoms with E-state index in [9.17, 15) is 4.79 Å². The molecule has 29 heavy (non-hydrogen) atoms. The second-order valence-corrected chi connectivity index (χ2v) is 7.11. The molecule has 0 aliphatic carbocycles. The topological polar surface area (TPSA) is 47.6 Å². The average Bonchev–Trinajstić information content (AvgIpc) is 2.72. The van der Waals surface area contributed by atoms with Crippen LogP contribution in [0.4, 0.5) is 0 Å². The number of hydrogen-bond donors (Lipinski definition) is 1. The number of aryl methyl sites for hydroxylation is 1. The molecule has 4 nitrogen and oxygen atoms in total. The Balaban J connectivity index is 1.70. The Morgan fingerprint density at radius 1 is 1.00 bits per heavy atom. The van der Waals surface area contributed by atoms with Crippen LogP contribution in [-0.2, 0) is 13.2 Å². The molecule has 5 heteroatoms. The van der Waals surface area contributed by atoms with Crippen molar-refractivity contribution in [2.75, 3.05) is 6.61 Å². The summed E-state index contributed by atoms with van der Waals surface area (Å²) in [5, 5.41) is 3.56. The number of rotatable bonds is 8. The Morgan fingerprint density at radius 2 is 1.79 bits per heavy atom. The fraction of sp³-hybridized carbons (Fsp3) is 0.208. The lowest BCUT2D eigenvalue weighted by molar-refractivity contribution is 0.0950. The van der Waals surface area contributed by atoms with Gasteiger partial charge in [0.25, 0.3) is 5.91 Å². The molecule has 0 heterocycles.